The molecule has 2 N–H and O–H groups in total. The van der Waals surface area contributed by atoms with Gasteiger partial charge in [-0.05, 0) is 31.5 Å². The fourth-order valence-corrected chi connectivity index (χ4v) is 2.66. The van der Waals surface area contributed by atoms with Crippen molar-refractivity contribution in [1.29, 1.82) is 0 Å². The van der Waals surface area contributed by atoms with Crippen LogP contribution in [0.5, 0.6) is 0 Å². The Kier molecular flexibility index (Phi) is 3.69. The molecule has 1 heterocycles. The highest BCUT2D eigenvalue weighted by molar-refractivity contribution is 5.28. The molecule has 1 aliphatic heterocycles. The minimum Gasteiger partial charge on any atom is -0.330 e. The number of hydrogen-bond donors (Lipinski definition) is 1. The maximum Gasteiger partial charge on any atom is 0.270 e. The quantitative estimate of drug-likeness (QED) is 0.898. The highest BCUT2D eigenvalue weighted by Crippen LogP contribution is 2.35. The van der Waals surface area contributed by atoms with Crippen LogP contribution in [0.1, 0.15) is 30.5 Å². The molecule has 18 heavy (non-hydrogen) atoms. The summed E-state index contributed by atoms with van der Waals surface area (Å²) in [7, 11) is 2.06. The van der Waals surface area contributed by atoms with Gasteiger partial charge in [0.05, 0.1) is 0 Å². The van der Waals surface area contributed by atoms with Crippen molar-refractivity contribution >= 4 is 0 Å². The van der Waals surface area contributed by atoms with E-state index in [0.717, 1.165) is 25.5 Å². The summed E-state index contributed by atoms with van der Waals surface area (Å²) in [6.07, 6.45) is 1.01. The molecule has 1 fully saturated rings. The van der Waals surface area contributed by atoms with Gasteiger partial charge in [-0.2, -0.15) is 0 Å². The van der Waals surface area contributed by atoms with E-state index >= 15 is 0 Å². The predicted octanol–water partition coefficient (Wildman–Crippen LogP) is 2.75. The minimum absolute atomic E-state index is 0.0716. The molecule has 0 aromatic heterocycles. The van der Waals surface area contributed by atoms with E-state index in [-0.39, 0.29) is 5.56 Å². The molecule has 2 unspecified atom stereocenters. The van der Waals surface area contributed by atoms with Crippen molar-refractivity contribution in [1.82, 2.24) is 4.90 Å². The van der Waals surface area contributed by atoms with Crippen molar-refractivity contribution in [3.05, 3.63) is 35.4 Å². The Morgan fingerprint density at radius 3 is 2.39 bits per heavy atom. The number of nitrogens with zero attached hydrogens (tertiary/aromatic N) is 1. The first kappa shape index (κ1) is 13.4. The average Bonchev–Trinajstić information content (AvgIpc) is 2.70. The number of nitrogens with two attached hydrogens (primary N) is 1. The van der Waals surface area contributed by atoms with E-state index in [1.165, 1.54) is 12.1 Å². The molecule has 2 atom stereocenters. The summed E-state index contributed by atoms with van der Waals surface area (Å²) in [6, 6.07) is 6.98. The van der Waals surface area contributed by atoms with Gasteiger partial charge in [-0.25, -0.2) is 8.78 Å². The maximum absolute atomic E-state index is 13.1. The van der Waals surface area contributed by atoms with Gasteiger partial charge in [-0.3, -0.25) is 4.90 Å². The van der Waals surface area contributed by atoms with E-state index in [9.17, 15) is 8.78 Å². The molecule has 4 heteroatoms. The third-order valence-corrected chi connectivity index (χ3v) is 3.77. The number of alkyl halides is 2. The normalized spacial score (nSPS) is 25.6. The van der Waals surface area contributed by atoms with Gasteiger partial charge in [-0.1, -0.05) is 24.3 Å². The molecule has 0 amide bonds. The summed E-state index contributed by atoms with van der Waals surface area (Å²) in [4.78, 5) is 2.25. The summed E-state index contributed by atoms with van der Waals surface area (Å²) in [5.74, 6) is -2.26. The summed E-state index contributed by atoms with van der Waals surface area (Å²) < 4.78 is 26.3. The zero-order valence-electron chi connectivity index (χ0n) is 10.9. The van der Waals surface area contributed by atoms with Crippen LogP contribution in [-0.2, 0) is 5.92 Å². The van der Waals surface area contributed by atoms with Crippen molar-refractivity contribution in [3.63, 3.8) is 0 Å². The van der Waals surface area contributed by atoms with Gasteiger partial charge in [0.15, 0.2) is 0 Å². The largest absolute Gasteiger partial charge is 0.330 e. The van der Waals surface area contributed by atoms with Crippen molar-refractivity contribution in [2.45, 2.75) is 25.3 Å². The summed E-state index contributed by atoms with van der Waals surface area (Å²) in [5.41, 5.74) is 6.86. The number of hydrogen-bond acceptors (Lipinski definition) is 2. The van der Waals surface area contributed by atoms with Crippen LogP contribution in [0.25, 0.3) is 0 Å². The van der Waals surface area contributed by atoms with E-state index in [4.69, 9.17) is 5.73 Å². The second-order valence-electron chi connectivity index (χ2n) is 5.30. The zero-order valence-corrected chi connectivity index (χ0v) is 10.9. The van der Waals surface area contributed by atoms with Gasteiger partial charge < -0.3 is 5.73 Å². The van der Waals surface area contributed by atoms with Crippen LogP contribution in [-0.4, -0.2) is 25.0 Å². The first-order chi connectivity index (χ1) is 8.41. The molecule has 1 saturated heterocycles. The molecule has 0 saturated carbocycles. The Morgan fingerprint density at radius 1 is 1.33 bits per heavy atom. The number of rotatable bonds is 3. The van der Waals surface area contributed by atoms with Crippen LogP contribution in [0.3, 0.4) is 0 Å². The van der Waals surface area contributed by atoms with Crippen molar-refractivity contribution in [3.8, 4) is 0 Å². The topological polar surface area (TPSA) is 29.3 Å². The lowest BCUT2D eigenvalue weighted by molar-refractivity contribution is 0.0174. The summed E-state index contributed by atoms with van der Waals surface area (Å²) in [6.45, 7) is 2.59. The third kappa shape index (κ3) is 2.70. The monoisotopic (exact) mass is 254 g/mol. The SMILES string of the molecule is CN1CC(CN)CC1c1ccc(C(C)(F)F)cc1. The van der Waals surface area contributed by atoms with Crippen molar-refractivity contribution in [2.75, 3.05) is 20.1 Å². The highest BCUT2D eigenvalue weighted by Gasteiger charge is 2.30. The minimum atomic E-state index is -2.76. The Hall–Kier alpha value is -1.00. The Bertz CT molecular complexity index is 397. The van der Waals surface area contributed by atoms with E-state index in [1.54, 1.807) is 0 Å². The highest BCUT2D eigenvalue weighted by atomic mass is 19.3. The van der Waals surface area contributed by atoms with Crippen molar-refractivity contribution < 1.29 is 8.78 Å². The van der Waals surface area contributed by atoms with Gasteiger partial charge in [0, 0.05) is 25.1 Å². The van der Waals surface area contributed by atoms with Gasteiger partial charge >= 0.3 is 0 Å². The molecule has 0 aliphatic carbocycles. The molecule has 0 bridgehead atoms. The molecule has 1 aromatic carbocycles. The Morgan fingerprint density at radius 2 is 1.94 bits per heavy atom. The molecule has 0 radical (unpaired) electrons. The lowest BCUT2D eigenvalue weighted by Crippen LogP contribution is -2.20. The third-order valence-electron chi connectivity index (χ3n) is 3.77. The van der Waals surface area contributed by atoms with E-state index in [1.807, 2.05) is 12.1 Å². The molecular weight excluding hydrogens is 234 g/mol. The fourth-order valence-electron chi connectivity index (χ4n) is 2.66. The Balaban J connectivity index is 2.15. The second-order valence-corrected chi connectivity index (χ2v) is 5.30. The van der Waals surface area contributed by atoms with E-state index in [0.29, 0.717) is 18.5 Å². The van der Waals surface area contributed by atoms with Crippen LogP contribution in [0, 0.1) is 5.92 Å². The van der Waals surface area contributed by atoms with E-state index in [2.05, 4.69) is 11.9 Å². The molecule has 1 aliphatic rings. The zero-order chi connectivity index (χ0) is 13.3. The van der Waals surface area contributed by atoms with Crippen LogP contribution >= 0.6 is 0 Å². The molecule has 0 spiro atoms. The van der Waals surface area contributed by atoms with Crippen LogP contribution in [0.15, 0.2) is 24.3 Å². The lowest BCUT2D eigenvalue weighted by atomic mass is 9.98. The van der Waals surface area contributed by atoms with Crippen LogP contribution in [0.2, 0.25) is 0 Å². The van der Waals surface area contributed by atoms with Gasteiger partial charge in [0.2, 0.25) is 0 Å². The maximum atomic E-state index is 13.1. The average molecular weight is 254 g/mol. The number of halogens is 2. The van der Waals surface area contributed by atoms with Crippen LogP contribution < -0.4 is 5.73 Å². The summed E-state index contributed by atoms with van der Waals surface area (Å²) in [5, 5.41) is 0. The van der Waals surface area contributed by atoms with Gasteiger partial charge in [0.25, 0.3) is 5.92 Å². The van der Waals surface area contributed by atoms with Crippen molar-refractivity contribution in [2.24, 2.45) is 11.7 Å². The molecular formula is C14H20F2N2. The second kappa shape index (κ2) is 4.94. The predicted molar refractivity (Wildman–Crippen MR) is 68.5 cm³/mol. The molecule has 2 rings (SSSR count). The molecule has 100 valence electrons. The fraction of sp³-hybridized carbons (Fsp3) is 0.571. The molecule has 2 nitrogen and oxygen atoms in total. The summed E-state index contributed by atoms with van der Waals surface area (Å²) >= 11 is 0. The standard InChI is InChI=1S/C14H20F2N2/c1-14(15,16)12-5-3-11(4-6-12)13-7-10(8-17)9-18(13)2/h3-6,10,13H,7-9,17H2,1-2H3. The first-order valence-corrected chi connectivity index (χ1v) is 6.30. The first-order valence-electron chi connectivity index (χ1n) is 6.30. The van der Waals surface area contributed by atoms with Gasteiger partial charge in [-0.15, -0.1) is 0 Å². The molecule has 1 aromatic rings. The number of benzene rings is 1. The number of likely N-dealkylation sites (tertiary alicyclic amines) is 1. The van der Waals surface area contributed by atoms with Gasteiger partial charge in [0.1, 0.15) is 0 Å². The van der Waals surface area contributed by atoms with E-state index < -0.39 is 5.92 Å². The Labute approximate surface area is 107 Å². The van der Waals surface area contributed by atoms with Crippen LogP contribution in [0.4, 0.5) is 8.78 Å². The lowest BCUT2D eigenvalue weighted by Gasteiger charge is -2.20. The smallest absolute Gasteiger partial charge is 0.270 e.